The summed E-state index contributed by atoms with van der Waals surface area (Å²) in [6.07, 6.45) is 2.66. The second kappa shape index (κ2) is 6.69. The van der Waals surface area contributed by atoms with E-state index in [9.17, 15) is 5.11 Å². The first kappa shape index (κ1) is 17.0. The van der Waals surface area contributed by atoms with E-state index < -0.39 is 6.10 Å². The molecule has 4 rings (SSSR count). The molecule has 1 N–H and O–H groups in total. The summed E-state index contributed by atoms with van der Waals surface area (Å²) in [5, 5.41) is 19.3. The van der Waals surface area contributed by atoms with Gasteiger partial charge in [-0.25, -0.2) is 4.98 Å². The van der Waals surface area contributed by atoms with Gasteiger partial charge in [0.1, 0.15) is 12.4 Å². The van der Waals surface area contributed by atoms with Gasteiger partial charge in [-0.2, -0.15) is 10.2 Å². The maximum absolute atomic E-state index is 10.6. The molecule has 0 bridgehead atoms. The van der Waals surface area contributed by atoms with Gasteiger partial charge < -0.3 is 9.52 Å². The number of aryl methyl sites for hydroxylation is 1. The minimum absolute atomic E-state index is 0.294. The van der Waals surface area contributed by atoms with E-state index in [4.69, 9.17) is 4.42 Å². The van der Waals surface area contributed by atoms with Crippen molar-refractivity contribution in [3.63, 3.8) is 0 Å². The van der Waals surface area contributed by atoms with Gasteiger partial charge in [-0.3, -0.25) is 14.3 Å². The molecule has 1 atom stereocenters. The maximum Gasteiger partial charge on any atom is 0.196 e. The van der Waals surface area contributed by atoms with Crippen molar-refractivity contribution in [2.45, 2.75) is 45.5 Å². The molecule has 0 spiro atoms. The van der Waals surface area contributed by atoms with Crippen molar-refractivity contribution in [1.82, 2.24) is 29.4 Å². The van der Waals surface area contributed by atoms with E-state index in [0.29, 0.717) is 11.6 Å². The van der Waals surface area contributed by atoms with Gasteiger partial charge in [0.25, 0.3) is 0 Å². The molecule has 0 aromatic carbocycles. The highest BCUT2D eigenvalue weighted by Crippen LogP contribution is 2.24. The molecule has 3 aromatic heterocycles. The smallest absolute Gasteiger partial charge is 0.196 e. The minimum Gasteiger partial charge on any atom is -0.448 e. The number of rotatable bonds is 5. The van der Waals surface area contributed by atoms with Crippen molar-refractivity contribution in [3.05, 3.63) is 53.3 Å². The van der Waals surface area contributed by atoms with Crippen LogP contribution in [0, 0.1) is 0 Å². The van der Waals surface area contributed by atoms with E-state index in [1.54, 1.807) is 17.1 Å². The fourth-order valence-electron chi connectivity index (χ4n) is 3.30. The maximum atomic E-state index is 10.6. The summed E-state index contributed by atoms with van der Waals surface area (Å²) in [5.41, 5.74) is 3.45. The molecule has 26 heavy (non-hydrogen) atoms. The van der Waals surface area contributed by atoms with Crippen LogP contribution in [0.4, 0.5) is 0 Å². The summed E-state index contributed by atoms with van der Waals surface area (Å²) in [6, 6.07) is 3.79. The molecule has 3 aromatic rings. The summed E-state index contributed by atoms with van der Waals surface area (Å²) in [5.74, 6) is 1.08. The van der Waals surface area contributed by atoms with Crippen molar-refractivity contribution >= 4 is 0 Å². The lowest BCUT2D eigenvalue weighted by Crippen LogP contribution is -2.33. The Bertz CT molecular complexity index is 893. The van der Waals surface area contributed by atoms with Crippen LogP contribution in [0.15, 0.2) is 29.0 Å². The van der Waals surface area contributed by atoms with Crippen molar-refractivity contribution < 1.29 is 9.52 Å². The molecule has 8 nitrogen and oxygen atoms in total. The van der Waals surface area contributed by atoms with Crippen LogP contribution in [0.5, 0.6) is 0 Å². The Kier molecular flexibility index (Phi) is 4.37. The molecule has 0 saturated carbocycles. The van der Waals surface area contributed by atoms with Crippen molar-refractivity contribution in [3.8, 4) is 0 Å². The molecular weight excluding hydrogens is 332 g/mol. The summed E-state index contributed by atoms with van der Waals surface area (Å²) >= 11 is 0. The van der Waals surface area contributed by atoms with E-state index in [1.165, 1.54) is 0 Å². The summed E-state index contributed by atoms with van der Waals surface area (Å²) in [4.78, 5) is 6.87. The third-order valence-corrected chi connectivity index (χ3v) is 4.76. The zero-order valence-electron chi connectivity index (χ0n) is 15.3. The zero-order valence-corrected chi connectivity index (χ0v) is 15.3. The summed E-state index contributed by atoms with van der Waals surface area (Å²) < 4.78 is 9.18. The minimum atomic E-state index is -0.766. The van der Waals surface area contributed by atoms with E-state index >= 15 is 0 Å². The Hall–Kier alpha value is -2.45. The summed E-state index contributed by atoms with van der Waals surface area (Å²) in [7, 11) is 1.82. The first-order chi connectivity index (χ1) is 12.5. The molecule has 138 valence electrons. The largest absolute Gasteiger partial charge is 0.448 e. The Morgan fingerprint density at radius 1 is 1.31 bits per heavy atom. The lowest BCUT2D eigenvalue weighted by Gasteiger charge is -2.26. The van der Waals surface area contributed by atoms with Crippen LogP contribution in [-0.2, 0) is 26.7 Å². The molecule has 0 unspecified atom stereocenters. The first-order valence-corrected chi connectivity index (χ1v) is 8.90. The topological polar surface area (TPSA) is 85.1 Å². The van der Waals surface area contributed by atoms with Crippen LogP contribution in [0.2, 0.25) is 0 Å². The quantitative estimate of drug-likeness (QED) is 0.751. The van der Waals surface area contributed by atoms with Crippen LogP contribution in [0.25, 0.3) is 0 Å². The van der Waals surface area contributed by atoms with Gasteiger partial charge in [0, 0.05) is 38.8 Å². The molecule has 0 saturated heterocycles. The SMILES string of the molecule is CC(C)c1nc(CN2CCn3nc([C@H](O)c4ccnn4C)cc3C2)co1. The molecule has 1 aliphatic heterocycles. The van der Waals surface area contributed by atoms with Gasteiger partial charge in [0.2, 0.25) is 0 Å². The average Bonchev–Trinajstić information content (AvgIpc) is 3.33. The number of oxazole rings is 1. The van der Waals surface area contributed by atoms with Crippen molar-refractivity contribution in [2.75, 3.05) is 6.54 Å². The normalized spacial score (nSPS) is 16.2. The Morgan fingerprint density at radius 2 is 2.15 bits per heavy atom. The Labute approximate surface area is 152 Å². The predicted molar refractivity (Wildman–Crippen MR) is 94.2 cm³/mol. The third kappa shape index (κ3) is 3.17. The molecule has 1 aliphatic rings. The molecule has 4 heterocycles. The Balaban J connectivity index is 1.47. The molecule has 0 radical (unpaired) electrons. The number of aliphatic hydroxyl groups is 1. The number of aliphatic hydroxyl groups excluding tert-OH is 1. The van der Waals surface area contributed by atoms with Crippen LogP contribution >= 0.6 is 0 Å². The van der Waals surface area contributed by atoms with Crippen LogP contribution in [0.1, 0.15) is 54.5 Å². The molecule has 0 fully saturated rings. The molecule has 8 heteroatoms. The van der Waals surface area contributed by atoms with E-state index in [-0.39, 0.29) is 0 Å². The van der Waals surface area contributed by atoms with E-state index in [1.807, 2.05) is 23.9 Å². The second-order valence-corrected chi connectivity index (χ2v) is 7.11. The number of hydrogen-bond acceptors (Lipinski definition) is 6. The fraction of sp³-hybridized carbons (Fsp3) is 0.500. The third-order valence-electron chi connectivity index (χ3n) is 4.76. The number of nitrogens with zero attached hydrogens (tertiary/aromatic N) is 6. The highest BCUT2D eigenvalue weighted by atomic mass is 16.3. The molecule has 0 aliphatic carbocycles. The van der Waals surface area contributed by atoms with Crippen LogP contribution in [-0.4, -0.2) is 41.1 Å². The number of fused-ring (bicyclic) bond motifs is 1. The van der Waals surface area contributed by atoms with Gasteiger partial charge in [0.15, 0.2) is 5.89 Å². The lowest BCUT2D eigenvalue weighted by molar-refractivity contribution is 0.195. The van der Waals surface area contributed by atoms with Gasteiger partial charge >= 0.3 is 0 Å². The van der Waals surface area contributed by atoms with Gasteiger partial charge in [-0.15, -0.1) is 0 Å². The van der Waals surface area contributed by atoms with E-state index in [0.717, 1.165) is 49.2 Å². The van der Waals surface area contributed by atoms with Crippen LogP contribution < -0.4 is 0 Å². The highest BCUT2D eigenvalue weighted by Gasteiger charge is 2.24. The predicted octanol–water partition coefficient (Wildman–Crippen LogP) is 1.83. The van der Waals surface area contributed by atoms with E-state index in [2.05, 4.69) is 33.9 Å². The zero-order chi connectivity index (χ0) is 18.3. The summed E-state index contributed by atoms with van der Waals surface area (Å²) in [6.45, 7) is 7.35. The van der Waals surface area contributed by atoms with Crippen molar-refractivity contribution in [1.29, 1.82) is 0 Å². The van der Waals surface area contributed by atoms with Gasteiger partial charge in [0.05, 0.1) is 29.3 Å². The number of hydrogen-bond donors (Lipinski definition) is 1. The molecular formula is C18H24N6O2. The van der Waals surface area contributed by atoms with Gasteiger partial charge in [-0.1, -0.05) is 13.8 Å². The average molecular weight is 356 g/mol. The fourth-order valence-corrected chi connectivity index (χ4v) is 3.30. The highest BCUT2D eigenvalue weighted by molar-refractivity contribution is 5.22. The Morgan fingerprint density at radius 3 is 2.85 bits per heavy atom. The van der Waals surface area contributed by atoms with Gasteiger partial charge in [-0.05, 0) is 12.1 Å². The van der Waals surface area contributed by atoms with Crippen LogP contribution in [0.3, 0.4) is 0 Å². The monoisotopic (exact) mass is 356 g/mol. The lowest BCUT2D eigenvalue weighted by atomic mass is 10.1. The first-order valence-electron chi connectivity index (χ1n) is 8.90. The van der Waals surface area contributed by atoms with Crippen molar-refractivity contribution in [2.24, 2.45) is 7.05 Å². The molecule has 0 amide bonds. The second-order valence-electron chi connectivity index (χ2n) is 7.11. The number of aromatic nitrogens is 5. The standard InChI is InChI=1S/C18H24N6O2/c1-12(2)18-20-13(11-26-18)9-23-6-7-24-14(10-23)8-15(21-24)17(25)16-4-5-19-22(16)3/h4-5,8,11-12,17,25H,6-7,9-10H2,1-3H3/t17-/m0/s1.